The third kappa shape index (κ3) is 4.62. The number of carbonyl (C=O) groups is 2. The number of hydrogen-bond donors (Lipinski definition) is 1. The number of aryl methyl sites for hydroxylation is 1. The van der Waals surface area contributed by atoms with E-state index in [1.807, 2.05) is 24.4 Å². The predicted octanol–water partition coefficient (Wildman–Crippen LogP) is 4.76. The largest absolute Gasteiger partial charge is 0.309 e. The molecule has 3 aromatic rings. The molecular weight excluding hydrogens is 468 g/mol. The molecule has 34 heavy (non-hydrogen) atoms. The van der Waals surface area contributed by atoms with Crippen LogP contribution in [0.1, 0.15) is 42.7 Å². The summed E-state index contributed by atoms with van der Waals surface area (Å²) in [5.74, 6) is -0.189. The fraction of sp³-hybridized carbons (Fsp3) is 0.423. The van der Waals surface area contributed by atoms with Crippen LogP contribution in [0.4, 0.5) is 0 Å². The summed E-state index contributed by atoms with van der Waals surface area (Å²) >= 11 is 8.15. The molecule has 2 atom stereocenters. The van der Waals surface area contributed by atoms with Crippen molar-refractivity contribution in [3.63, 3.8) is 0 Å². The molecule has 5 rings (SSSR count). The van der Waals surface area contributed by atoms with Gasteiger partial charge in [-0.15, -0.1) is 11.3 Å². The van der Waals surface area contributed by atoms with Gasteiger partial charge in [-0.3, -0.25) is 24.4 Å². The molecule has 0 saturated carbocycles. The van der Waals surface area contributed by atoms with Gasteiger partial charge in [-0.2, -0.15) is 0 Å². The molecule has 178 valence electrons. The van der Waals surface area contributed by atoms with Gasteiger partial charge in [0.1, 0.15) is 0 Å². The van der Waals surface area contributed by atoms with E-state index in [1.165, 1.54) is 16.0 Å². The van der Waals surface area contributed by atoms with Gasteiger partial charge in [-0.1, -0.05) is 11.6 Å². The second-order valence-corrected chi connectivity index (χ2v) is 11.1. The van der Waals surface area contributed by atoms with Gasteiger partial charge in [-0.25, -0.2) is 0 Å². The Kier molecular flexibility index (Phi) is 6.46. The number of rotatable bonds is 5. The molecule has 2 aromatic heterocycles. The van der Waals surface area contributed by atoms with Gasteiger partial charge in [0.25, 0.3) is 0 Å². The van der Waals surface area contributed by atoms with Crippen molar-refractivity contribution in [1.29, 1.82) is 0 Å². The maximum atomic E-state index is 12.1. The van der Waals surface area contributed by atoms with E-state index in [0.717, 1.165) is 45.9 Å². The summed E-state index contributed by atoms with van der Waals surface area (Å²) in [4.78, 5) is 33.7. The first-order valence-electron chi connectivity index (χ1n) is 11.8. The number of nitrogens with one attached hydrogen (secondary N) is 1. The number of thiophene rings is 1. The Bertz CT molecular complexity index is 1250. The van der Waals surface area contributed by atoms with Crippen LogP contribution >= 0.6 is 22.9 Å². The van der Waals surface area contributed by atoms with Crippen molar-refractivity contribution in [3.8, 4) is 11.1 Å². The highest BCUT2D eigenvalue weighted by Gasteiger charge is 2.29. The highest BCUT2D eigenvalue weighted by Crippen LogP contribution is 2.39. The van der Waals surface area contributed by atoms with E-state index < -0.39 is 0 Å². The zero-order valence-corrected chi connectivity index (χ0v) is 21.3. The summed E-state index contributed by atoms with van der Waals surface area (Å²) in [7, 11) is 0. The van der Waals surface area contributed by atoms with Crippen LogP contribution in [0.15, 0.2) is 30.5 Å². The minimum Gasteiger partial charge on any atom is -0.309 e. The summed E-state index contributed by atoms with van der Waals surface area (Å²) in [6, 6.07) is 9.04. The minimum absolute atomic E-state index is 0.0946. The van der Waals surface area contributed by atoms with Crippen molar-refractivity contribution in [2.24, 2.45) is 0 Å². The Morgan fingerprint density at radius 2 is 1.76 bits per heavy atom. The summed E-state index contributed by atoms with van der Waals surface area (Å²) in [6.45, 7) is 9.75. The zero-order chi connectivity index (χ0) is 24.0. The third-order valence-electron chi connectivity index (χ3n) is 6.67. The standard InChI is InChI=1S/C26H29ClN4O2S/c1-15-8-18(27)9-21(22(15)14-30-11-16(2)29-17(3)12-30)20-6-7-28-23-10-19(34-26(20)23)13-31-24(32)4-5-25(31)33/h6-10,16-17,29H,4-5,11-14H2,1-3H3/t16-,17-/m1/s1. The number of pyridine rings is 1. The van der Waals surface area contributed by atoms with Crippen LogP contribution in [0.3, 0.4) is 0 Å². The summed E-state index contributed by atoms with van der Waals surface area (Å²) in [6.07, 6.45) is 2.44. The number of carbonyl (C=O) groups excluding carboxylic acids is 2. The maximum Gasteiger partial charge on any atom is 0.230 e. The number of likely N-dealkylation sites (tertiary alicyclic amines) is 1. The zero-order valence-electron chi connectivity index (χ0n) is 19.7. The number of piperazine rings is 1. The molecule has 4 heterocycles. The van der Waals surface area contributed by atoms with Crippen LogP contribution in [0.25, 0.3) is 21.3 Å². The Hall–Kier alpha value is -2.32. The number of aromatic nitrogens is 1. The Morgan fingerprint density at radius 3 is 2.47 bits per heavy atom. The molecule has 2 fully saturated rings. The number of hydrogen-bond acceptors (Lipinski definition) is 6. The van der Waals surface area contributed by atoms with E-state index in [-0.39, 0.29) is 11.8 Å². The molecule has 2 saturated heterocycles. The molecule has 0 unspecified atom stereocenters. The molecule has 0 aliphatic carbocycles. The molecule has 2 aliphatic rings. The molecule has 2 amide bonds. The molecule has 2 aliphatic heterocycles. The smallest absolute Gasteiger partial charge is 0.230 e. The Balaban J connectivity index is 1.53. The normalized spacial score (nSPS) is 21.7. The summed E-state index contributed by atoms with van der Waals surface area (Å²) in [5.41, 5.74) is 5.55. The van der Waals surface area contributed by atoms with E-state index in [2.05, 4.69) is 42.0 Å². The van der Waals surface area contributed by atoms with Crippen molar-refractivity contribution in [1.82, 2.24) is 20.1 Å². The lowest BCUT2D eigenvalue weighted by Gasteiger charge is -2.36. The maximum absolute atomic E-state index is 12.1. The first kappa shape index (κ1) is 23.4. The predicted molar refractivity (Wildman–Crippen MR) is 137 cm³/mol. The van der Waals surface area contributed by atoms with E-state index in [1.54, 1.807) is 11.3 Å². The van der Waals surface area contributed by atoms with E-state index in [4.69, 9.17) is 11.6 Å². The summed E-state index contributed by atoms with van der Waals surface area (Å²) < 4.78 is 1.06. The second-order valence-electron chi connectivity index (χ2n) is 9.57. The number of halogens is 1. The number of nitrogens with zero attached hydrogens (tertiary/aromatic N) is 3. The molecule has 0 radical (unpaired) electrons. The lowest BCUT2D eigenvalue weighted by Crippen LogP contribution is -2.53. The molecule has 8 heteroatoms. The van der Waals surface area contributed by atoms with Crippen LogP contribution in [0, 0.1) is 6.92 Å². The van der Waals surface area contributed by atoms with Crippen LogP contribution < -0.4 is 5.32 Å². The average molecular weight is 497 g/mol. The lowest BCUT2D eigenvalue weighted by molar-refractivity contribution is -0.138. The van der Waals surface area contributed by atoms with Crippen LogP contribution in [-0.4, -0.2) is 51.8 Å². The Labute approximate surface area is 208 Å². The fourth-order valence-electron chi connectivity index (χ4n) is 5.25. The van der Waals surface area contributed by atoms with Crippen LogP contribution in [-0.2, 0) is 22.7 Å². The number of benzene rings is 1. The van der Waals surface area contributed by atoms with Gasteiger partial charge >= 0.3 is 0 Å². The first-order chi connectivity index (χ1) is 16.3. The highest BCUT2D eigenvalue weighted by molar-refractivity contribution is 7.19. The molecule has 0 bridgehead atoms. The summed E-state index contributed by atoms with van der Waals surface area (Å²) in [5, 5.41) is 4.32. The quantitative estimate of drug-likeness (QED) is 0.516. The van der Waals surface area contributed by atoms with Gasteiger partial charge in [0, 0.05) is 66.2 Å². The first-order valence-corrected chi connectivity index (χ1v) is 13.0. The monoisotopic (exact) mass is 496 g/mol. The molecular formula is C26H29ClN4O2S. The van der Waals surface area contributed by atoms with E-state index in [0.29, 0.717) is 36.5 Å². The number of imide groups is 1. The Morgan fingerprint density at radius 1 is 1.06 bits per heavy atom. The SMILES string of the molecule is Cc1cc(Cl)cc(-c2ccnc3cc(CN4C(=O)CCC4=O)sc23)c1CN1C[C@@H](C)N[C@H](C)C1. The van der Waals surface area contributed by atoms with Gasteiger partial charge in [0.2, 0.25) is 11.8 Å². The second kappa shape index (κ2) is 9.38. The topological polar surface area (TPSA) is 65.5 Å². The molecule has 6 nitrogen and oxygen atoms in total. The number of amides is 2. The van der Waals surface area contributed by atoms with E-state index >= 15 is 0 Å². The van der Waals surface area contributed by atoms with Crippen molar-refractivity contribution in [2.75, 3.05) is 13.1 Å². The van der Waals surface area contributed by atoms with Gasteiger partial charge in [0.05, 0.1) is 16.8 Å². The van der Waals surface area contributed by atoms with Gasteiger partial charge in [0.15, 0.2) is 0 Å². The van der Waals surface area contributed by atoms with Crippen LogP contribution in [0.5, 0.6) is 0 Å². The van der Waals surface area contributed by atoms with Crippen molar-refractivity contribution >= 4 is 45.0 Å². The molecule has 1 aromatic carbocycles. The van der Waals surface area contributed by atoms with Crippen LogP contribution in [0.2, 0.25) is 5.02 Å². The molecule has 1 N–H and O–H groups in total. The van der Waals surface area contributed by atoms with E-state index in [9.17, 15) is 9.59 Å². The number of fused-ring (bicyclic) bond motifs is 1. The highest BCUT2D eigenvalue weighted by atomic mass is 35.5. The lowest BCUT2D eigenvalue weighted by atomic mass is 9.95. The molecule has 0 spiro atoms. The van der Waals surface area contributed by atoms with Crippen molar-refractivity contribution in [2.45, 2.75) is 58.8 Å². The fourth-order valence-corrected chi connectivity index (χ4v) is 6.65. The average Bonchev–Trinajstić information content (AvgIpc) is 3.32. The van der Waals surface area contributed by atoms with Crippen molar-refractivity contribution < 1.29 is 9.59 Å². The van der Waals surface area contributed by atoms with Gasteiger partial charge < -0.3 is 5.32 Å². The third-order valence-corrected chi connectivity index (χ3v) is 8.04. The van der Waals surface area contributed by atoms with Crippen molar-refractivity contribution in [3.05, 3.63) is 51.5 Å². The minimum atomic E-state index is -0.0946. The van der Waals surface area contributed by atoms with Gasteiger partial charge in [-0.05, 0) is 61.7 Å².